The number of methoxy groups -OCH3 is 1. The molecule has 2 aromatic carbocycles. The first kappa shape index (κ1) is 20.3. The number of rotatable bonds is 7. The smallest absolute Gasteiger partial charge is 0.225 e. The number of aromatic nitrogens is 1. The molecule has 0 amide bonds. The van der Waals surface area contributed by atoms with Crippen molar-refractivity contribution in [1.82, 2.24) is 10.5 Å². The minimum absolute atomic E-state index is 0.00133. The SMILES string of the molecule is COc1ccccc1CN=C(NO)c1ccc(C)nc1OCc1ccccc1F. The van der Waals surface area contributed by atoms with Gasteiger partial charge in [0.25, 0.3) is 0 Å². The van der Waals surface area contributed by atoms with Gasteiger partial charge in [-0.1, -0.05) is 36.4 Å². The van der Waals surface area contributed by atoms with E-state index < -0.39 is 0 Å². The molecule has 2 N–H and O–H groups in total. The van der Waals surface area contributed by atoms with Crippen LogP contribution >= 0.6 is 0 Å². The molecule has 0 saturated carbocycles. The second kappa shape index (κ2) is 9.66. The normalized spacial score (nSPS) is 11.2. The van der Waals surface area contributed by atoms with Gasteiger partial charge < -0.3 is 9.47 Å². The number of hydrogen-bond donors (Lipinski definition) is 2. The first-order valence-corrected chi connectivity index (χ1v) is 9.03. The number of para-hydroxylation sites is 1. The number of benzene rings is 2. The second-order valence-corrected chi connectivity index (χ2v) is 6.27. The molecule has 0 aliphatic rings. The molecular formula is C22H22FN3O3. The van der Waals surface area contributed by atoms with Crippen molar-refractivity contribution in [3.8, 4) is 11.6 Å². The van der Waals surface area contributed by atoms with Crippen LogP contribution in [-0.2, 0) is 13.2 Å². The minimum Gasteiger partial charge on any atom is -0.496 e. The standard InChI is InChI=1S/C22H22FN3O3/c1-15-11-12-18(22(25-15)29-14-17-8-3-5-9-19(17)23)21(26-27)24-13-16-7-4-6-10-20(16)28-2/h3-12,27H,13-14H2,1-2H3,(H,24,26). The second-order valence-electron chi connectivity index (χ2n) is 6.27. The van der Waals surface area contributed by atoms with Crippen molar-refractivity contribution in [3.05, 3.63) is 88.9 Å². The average molecular weight is 395 g/mol. The Morgan fingerprint density at radius 3 is 2.52 bits per heavy atom. The van der Waals surface area contributed by atoms with Crippen molar-refractivity contribution < 1.29 is 19.1 Å². The largest absolute Gasteiger partial charge is 0.496 e. The molecule has 0 saturated heterocycles. The maximum Gasteiger partial charge on any atom is 0.225 e. The van der Waals surface area contributed by atoms with E-state index in [4.69, 9.17) is 9.47 Å². The highest BCUT2D eigenvalue weighted by Crippen LogP contribution is 2.21. The number of amidine groups is 1. The van der Waals surface area contributed by atoms with Crippen LogP contribution in [-0.4, -0.2) is 23.1 Å². The Hall–Kier alpha value is -3.45. The van der Waals surface area contributed by atoms with E-state index in [0.29, 0.717) is 16.9 Å². The summed E-state index contributed by atoms with van der Waals surface area (Å²) in [5.74, 6) is 0.777. The van der Waals surface area contributed by atoms with Gasteiger partial charge in [0, 0.05) is 16.8 Å². The van der Waals surface area contributed by atoms with Crippen LogP contribution in [0.3, 0.4) is 0 Å². The molecular weight excluding hydrogens is 373 g/mol. The number of nitrogens with one attached hydrogen (secondary N) is 1. The summed E-state index contributed by atoms with van der Waals surface area (Å²) >= 11 is 0. The first-order valence-electron chi connectivity index (χ1n) is 9.03. The minimum atomic E-state index is -0.355. The number of hydroxylamine groups is 1. The van der Waals surface area contributed by atoms with Gasteiger partial charge in [-0.2, -0.15) is 0 Å². The molecule has 1 heterocycles. The number of nitrogens with zero attached hydrogens (tertiary/aromatic N) is 2. The molecule has 0 bridgehead atoms. The highest BCUT2D eigenvalue weighted by atomic mass is 19.1. The topological polar surface area (TPSA) is 76.0 Å². The van der Waals surface area contributed by atoms with Gasteiger partial charge in [0.1, 0.15) is 18.2 Å². The van der Waals surface area contributed by atoms with E-state index in [0.717, 1.165) is 11.3 Å². The number of ether oxygens (including phenoxy) is 2. The lowest BCUT2D eigenvalue weighted by molar-refractivity contribution is 0.233. The Kier molecular flexibility index (Phi) is 6.76. The van der Waals surface area contributed by atoms with Gasteiger partial charge >= 0.3 is 0 Å². The van der Waals surface area contributed by atoms with Crippen LogP contribution < -0.4 is 15.0 Å². The zero-order valence-corrected chi connectivity index (χ0v) is 16.2. The summed E-state index contributed by atoms with van der Waals surface area (Å²) in [5.41, 5.74) is 4.56. The van der Waals surface area contributed by atoms with E-state index >= 15 is 0 Å². The summed E-state index contributed by atoms with van der Waals surface area (Å²) < 4.78 is 25.0. The van der Waals surface area contributed by atoms with Crippen LogP contribution in [0, 0.1) is 12.7 Å². The summed E-state index contributed by atoms with van der Waals surface area (Å²) in [6, 6.07) is 17.4. The number of aryl methyl sites for hydroxylation is 1. The van der Waals surface area contributed by atoms with E-state index in [9.17, 15) is 9.60 Å². The van der Waals surface area contributed by atoms with E-state index in [-0.39, 0.29) is 30.7 Å². The third-order valence-electron chi connectivity index (χ3n) is 4.28. The summed E-state index contributed by atoms with van der Waals surface area (Å²) in [4.78, 5) is 8.81. The van der Waals surface area contributed by atoms with Gasteiger partial charge in [0.05, 0.1) is 19.2 Å². The lowest BCUT2D eigenvalue weighted by Gasteiger charge is -2.13. The number of halogens is 1. The Labute approximate surface area is 168 Å². The summed E-state index contributed by atoms with van der Waals surface area (Å²) in [7, 11) is 1.59. The Balaban J connectivity index is 1.86. The van der Waals surface area contributed by atoms with Crippen molar-refractivity contribution in [2.75, 3.05) is 7.11 Å². The summed E-state index contributed by atoms with van der Waals surface area (Å²) in [6.45, 7) is 2.09. The Morgan fingerprint density at radius 2 is 1.79 bits per heavy atom. The van der Waals surface area contributed by atoms with Crippen LogP contribution in [0.1, 0.15) is 22.4 Å². The maximum atomic E-state index is 13.9. The fourth-order valence-corrected chi connectivity index (χ4v) is 2.76. The van der Waals surface area contributed by atoms with Gasteiger partial charge in [0.15, 0.2) is 5.84 Å². The first-order chi connectivity index (χ1) is 14.1. The molecule has 150 valence electrons. The van der Waals surface area contributed by atoms with E-state index in [2.05, 4.69) is 15.5 Å². The van der Waals surface area contributed by atoms with Crippen molar-refractivity contribution in [1.29, 1.82) is 0 Å². The lowest BCUT2D eigenvalue weighted by Crippen LogP contribution is -2.22. The molecule has 0 fully saturated rings. The maximum absolute atomic E-state index is 13.9. The quantitative estimate of drug-likeness (QED) is 0.359. The van der Waals surface area contributed by atoms with E-state index in [1.54, 1.807) is 37.4 Å². The average Bonchev–Trinajstić information content (AvgIpc) is 2.75. The molecule has 0 aliphatic carbocycles. The molecule has 3 rings (SSSR count). The molecule has 0 unspecified atom stereocenters. The molecule has 29 heavy (non-hydrogen) atoms. The molecule has 0 aliphatic heterocycles. The van der Waals surface area contributed by atoms with Crippen LogP contribution in [0.25, 0.3) is 0 Å². The molecule has 0 radical (unpaired) electrons. The highest BCUT2D eigenvalue weighted by molar-refractivity contribution is 6.00. The van der Waals surface area contributed by atoms with Crippen molar-refractivity contribution in [2.45, 2.75) is 20.1 Å². The third-order valence-corrected chi connectivity index (χ3v) is 4.28. The number of hydrogen-bond acceptors (Lipinski definition) is 5. The molecule has 6 nitrogen and oxygen atoms in total. The Bertz CT molecular complexity index is 1010. The number of aliphatic imine (C=N–C) groups is 1. The molecule has 7 heteroatoms. The Morgan fingerprint density at radius 1 is 1.07 bits per heavy atom. The third kappa shape index (κ3) is 5.08. The van der Waals surface area contributed by atoms with E-state index in [1.807, 2.05) is 31.2 Å². The van der Waals surface area contributed by atoms with Crippen molar-refractivity contribution >= 4 is 5.84 Å². The molecule has 1 aromatic heterocycles. The summed E-state index contributed by atoms with van der Waals surface area (Å²) in [6.07, 6.45) is 0. The van der Waals surface area contributed by atoms with Crippen LogP contribution in [0.4, 0.5) is 4.39 Å². The predicted molar refractivity (Wildman–Crippen MR) is 108 cm³/mol. The van der Waals surface area contributed by atoms with E-state index in [1.165, 1.54) is 6.07 Å². The van der Waals surface area contributed by atoms with Crippen molar-refractivity contribution in [2.24, 2.45) is 4.99 Å². The van der Waals surface area contributed by atoms with Gasteiger partial charge in [0.2, 0.25) is 5.88 Å². The lowest BCUT2D eigenvalue weighted by atomic mass is 10.2. The molecule has 0 spiro atoms. The van der Waals surface area contributed by atoms with Crippen LogP contribution in [0.5, 0.6) is 11.6 Å². The molecule has 0 atom stereocenters. The fraction of sp³-hybridized carbons (Fsp3) is 0.182. The molecule has 3 aromatic rings. The monoisotopic (exact) mass is 395 g/mol. The zero-order chi connectivity index (χ0) is 20.6. The predicted octanol–water partition coefficient (Wildman–Crippen LogP) is 4.04. The number of pyridine rings is 1. The highest BCUT2D eigenvalue weighted by Gasteiger charge is 2.14. The van der Waals surface area contributed by atoms with Gasteiger partial charge in [-0.25, -0.2) is 9.37 Å². The fourth-order valence-electron chi connectivity index (χ4n) is 2.76. The zero-order valence-electron chi connectivity index (χ0n) is 16.2. The van der Waals surface area contributed by atoms with Crippen LogP contribution in [0.15, 0.2) is 65.7 Å². The van der Waals surface area contributed by atoms with Crippen molar-refractivity contribution in [3.63, 3.8) is 0 Å². The van der Waals surface area contributed by atoms with Gasteiger partial charge in [-0.3, -0.25) is 15.7 Å². The van der Waals surface area contributed by atoms with Crippen LogP contribution in [0.2, 0.25) is 0 Å². The summed E-state index contributed by atoms with van der Waals surface area (Å²) in [5, 5.41) is 9.65. The van der Waals surface area contributed by atoms with Gasteiger partial charge in [-0.05, 0) is 31.2 Å². The van der Waals surface area contributed by atoms with Gasteiger partial charge in [-0.15, -0.1) is 0 Å².